The second-order valence-electron chi connectivity index (χ2n) is 3.80. The average Bonchev–Trinajstić information content (AvgIpc) is 2.54. The van der Waals surface area contributed by atoms with E-state index in [1.165, 1.54) is 0 Å². The Balaban J connectivity index is 2.72. The van der Waals surface area contributed by atoms with Gasteiger partial charge in [-0.15, -0.1) is 0 Å². The molecule has 0 atom stereocenters. The summed E-state index contributed by atoms with van der Waals surface area (Å²) in [5.41, 5.74) is 4.25. The second-order valence-corrected chi connectivity index (χ2v) is 3.80. The lowest BCUT2D eigenvalue weighted by atomic mass is 9.98. The molecule has 2 rings (SSSR count). The van der Waals surface area contributed by atoms with Gasteiger partial charge in [-0.2, -0.15) is 0 Å². The van der Waals surface area contributed by atoms with Gasteiger partial charge in [-0.05, 0) is 37.5 Å². The summed E-state index contributed by atoms with van der Waals surface area (Å²) in [6.07, 6.45) is 1.47. The molecule has 0 bridgehead atoms. The summed E-state index contributed by atoms with van der Waals surface area (Å²) in [6.45, 7) is 4.03. The van der Waals surface area contributed by atoms with Crippen LogP contribution in [0.1, 0.15) is 33.5 Å². The Morgan fingerprint density at radius 1 is 1.29 bits per heavy atom. The predicted molar refractivity (Wildman–Crippen MR) is 55.1 cm³/mol. The van der Waals surface area contributed by atoms with E-state index in [2.05, 4.69) is 0 Å². The number of ketones is 1. The van der Waals surface area contributed by atoms with E-state index < -0.39 is 0 Å². The summed E-state index contributed by atoms with van der Waals surface area (Å²) in [5, 5.41) is 0. The van der Waals surface area contributed by atoms with Gasteiger partial charge in [0.25, 0.3) is 0 Å². The van der Waals surface area contributed by atoms with Crippen LogP contribution in [-0.2, 0) is 6.42 Å². The Labute approximate surface area is 83.9 Å². The minimum Gasteiger partial charge on any atom is -0.496 e. The highest BCUT2D eigenvalue weighted by atomic mass is 16.5. The van der Waals surface area contributed by atoms with E-state index in [1.54, 1.807) is 7.11 Å². The van der Waals surface area contributed by atoms with Crippen molar-refractivity contribution in [2.45, 2.75) is 26.7 Å². The molecular weight excluding hydrogens is 176 g/mol. The Kier molecular flexibility index (Phi) is 2.06. The number of hydrogen-bond donors (Lipinski definition) is 0. The molecule has 1 aliphatic rings. The average molecular weight is 190 g/mol. The number of fused-ring (bicyclic) bond motifs is 1. The highest BCUT2D eigenvalue weighted by Crippen LogP contribution is 2.34. The number of carbonyl (C=O) groups excluding carboxylic acids is 1. The van der Waals surface area contributed by atoms with Crippen molar-refractivity contribution in [3.63, 3.8) is 0 Å². The van der Waals surface area contributed by atoms with Gasteiger partial charge >= 0.3 is 0 Å². The van der Waals surface area contributed by atoms with Crippen LogP contribution in [0.15, 0.2) is 6.07 Å². The second kappa shape index (κ2) is 3.12. The molecule has 1 aromatic rings. The van der Waals surface area contributed by atoms with Crippen LogP contribution in [0.2, 0.25) is 0 Å². The number of methoxy groups -OCH3 is 1. The van der Waals surface area contributed by atoms with Crippen molar-refractivity contribution in [3.8, 4) is 5.75 Å². The number of ether oxygens (including phenoxy) is 1. The van der Waals surface area contributed by atoms with Crippen molar-refractivity contribution in [3.05, 3.63) is 28.3 Å². The van der Waals surface area contributed by atoms with Crippen LogP contribution in [0, 0.1) is 13.8 Å². The third kappa shape index (κ3) is 1.14. The van der Waals surface area contributed by atoms with Crippen LogP contribution in [0.4, 0.5) is 0 Å². The Bertz CT molecular complexity index is 405. The summed E-state index contributed by atoms with van der Waals surface area (Å²) in [4.78, 5) is 11.7. The lowest BCUT2D eigenvalue weighted by Crippen LogP contribution is -2.00. The topological polar surface area (TPSA) is 26.3 Å². The van der Waals surface area contributed by atoms with Crippen molar-refractivity contribution < 1.29 is 9.53 Å². The van der Waals surface area contributed by atoms with Gasteiger partial charge in [0.2, 0.25) is 0 Å². The van der Waals surface area contributed by atoms with Crippen molar-refractivity contribution in [1.82, 2.24) is 0 Å². The molecule has 14 heavy (non-hydrogen) atoms. The maximum absolute atomic E-state index is 11.7. The summed E-state index contributed by atoms with van der Waals surface area (Å²) in [7, 11) is 1.66. The molecule has 0 spiro atoms. The maximum atomic E-state index is 11.7. The Morgan fingerprint density at radius 2 is 2.00 bits per heavy atom. The van der Waals surface area contributed by atoms with Gasteiger partial charge in [0.1, 0.15) is 5.75 Å². The van der Waals surface area contributed by atoms with Gasteiger partial charge in [0, 0.05) is 17.5 Å². The van der Waals surface area contributed by atoms with Crippen molar-refractivity contribution in [2.75, 3.05) is 7.11 Å². The number of hydrogen-bond acceptors (Lipinski definition) is 2. The number of rotatable bonds is 1. The van der Waals surface area contributed by atoms with Crippen molar-refractivity contribution in [1.29, 1.82) is 0 Å². The molecule has 1 aliphatic carbocycles. The number of aryl methyl sites for hydroxylation is 1. The fourth-order valence-electron chi connectivity index (χ4n) is 2.11. The molecule has 0 aliphatic heterocycles. The first-order valence-corrected chi connectivity index (χ1v) is 4.85. The molecule has 0 aromatic heterocycles. The SMILES string of the molecule is COc1cc(C)c(C)c2c1CCC2=O. The molecular formula is C12H14O2. The summed E-state index contributed by atoms with van der Waals surface area (Å²) >= 11 is 0. The number of carbonyl (C=O) groups is 1. The van der Waals surface area contributed by atoms with Gasteiger partial charge in [-0.1, -0.05) is 0 Å². The summed E-state index contributed by atoms with van der Waals surface area (Å²) < 4.78 is 5.29. The molecule has 1 aromatic carbocycles. The molecule has 0 saturated heterocycles. The third-order valence-electron chi connectivity index (χ3n) is 3.01. The van der Waals surface area contributed by atoms with Crippen LogP contribution in [0.25, 0.3) is 0 Å². The minimum absolute atomic E-state index is 0.263. The molecule has 0 amide bonds. The summed E-state index contributed by atoms with van der Waals surface area (Å²) in [6, 6.07) is 2.02. The molecule has 2 heteroatoms. The van der Waals surface area contributed by atoms with Crippen LogP contribution in [-0.4, -0.2) is 12.9 Å². The lowest BCUT2D eigenvalue weighted by Gasteiger charge is -2.11. The molecule has 0 heterocycles. The van der Waals surface area contributed by atoms with E-state index in [9.17, 15) is 4.79 Å². The van der Waals surface area contributed by atoms with Gasteiger partial charge in [0.05, 0.1) is 7.11 Å². The molecule has 0 fully saturated rings. The molecule has 74 valence electrons. The van der Waals surface area contributed by atoms with E-state index in [4.69, 9.17) is 4.74 Å². The maximum Gasteiger partial charge on any atom is 0.163 e. The predicted octanol–water partition coefficient (Wildman–Crippen LogP) is 2.44. The van der Waals surface area contributed by atoms with Crippen LogP contribution >= 0.6 is 0 Å². The van der Waals surface area contributed by atoms with E-state index in [-0.39, 0.29) is 5.78 Å². The standard InChI is InChI=1S/C12H14O2/c1-7-6-11(14-3)9-4-5-10(13)12(9)8(7)2/h6H,4-5H2,1-3H3. The molecule has 0 N–H and O–H groups in total. The smallest absolute Gasteiger partial charge is 0.163 e. The van der Waals surface area contributed by atoms with E-state index in [0.717, 1.165) is 34.4 Å². The Hall–Kier alpha value is -1.31. The van der Waals surface area contributed by atoms with Crippen LogP contribution in [0.5, 0.6) is 5.75 Å². The fourth-order valence-corrected chi connectivity index (χ4v) is 2.11. The highest BCUT2D eigenvalue weighted by molar-refractivity contribution is 6.02. The molecule has 0 unspecified atom stereocenters. The van der Waals surface area contributed by atoms with Gasteiger partial charge in [0.15, 0.2) is 5.78 Å². The zero-order valence-electron chi connectivity index (χ0n) is 8.81. The number of Topliss-reactive ketones (excluding diaryl/α,β-unsaturated/α-hetero) is 1. The largest absolute Gasteiger partial charge is 0.496 e. The first-order valence-electron chi connectivity index (χ1n) is 4.85. The van der Waals surface area contributed by atoms with E-state index in [0.29, 0.717) is 6.42 Å². The quantitative estimate of drug-likeness (QED) is 0.680. The highest BCUT2D eigenvalue weighted by Gasteiger charge is 2.25. The normalized spacial score (nSPS) is 14.4. The zero-order chi connectivity index (χ0) is 10.3. The third-order valence-corrected chi connectivity index (χ3v) is 3.01. The Morgan fingerprint density at radius 3 is 2.64 bits per heavy atom. The van der Waals surface area contributed by atoms with Crippen LogP contribution < -0.4 is 4.74 Å². The zero-order valence-corrected chi connectivity index (χ0v) is 8.81. The number of benzene rings is 1. The summed E-state index contributed by atoms with van der Waals surface area (Å²) in [5.74, 6) is 1.13. The van der Waals surface area contributed by atoms with E-state index >= 15 is 0 Å². The van der Waals surface area contributed by atoms with Crippen molar-refractivity contribution in [2.24, 2.45) is 0 Å². The van der Waals surface area contributed by atoms with E-state index in [1.807, 2.05) is 19.9 Å². The first-order chi connectivity index (χ1) is 6.65. The van der Waals surface area contributed by atoms with Gasteiger partial charge in [-0.25, -0.2) is 0 Å². The van der Waals surface area contributed by atoms with Crippen LogP contribution in [0.3, 0.4) is 0 Å². The van der Waals surface area contributed by atoms with Gasteiger partial charge < -0.3 is 4.74 Å². The molecule has 2 nitrogen and oxygen atoms in total. The molecule has 0 saturated carbocycles. The van der Waals surface area contributed by atoms with Crippen molar-refractivity contribution >= 4 is 5.78 Å². The minimum atomic E-state index is 0.263. The monoisotopic (exact) mass is 190 g/mol. The fraction of sp³-hybridized carbons (Fsp3) is 0.417. The van der Waals surface area contributed by atoms with Gasteiger partial charge in [-0.3, -0.25) is 4.79 Å². The first kappa shape index (κ1) is 9.25. The lowest BCUT2D eigenvalue weighted by molar-refractivity contribution is 0.0994. The molecule has 0 radical (unpaired) electrons.